The first-order valence-corrected chi connectivity index (χ1v) is 16.4. The van der Waals surface area contributed by atoms with E-state index < -0.39 is 16.1 Å². The number of amides is 2. The molecule has 1 aliphatic carbocycles. The Morgan fingerprint density at radius 3 is 2.25 bits per heavy atom. The average molecular weight is 572 g/mol. The van der Waals surface area contributed by atoms with Crippen LogP contribution in [0.3, 0.4) is 0 Å². The molecule has 0 aliphatic heterocycles. The molecule has 1 atom stereocenters. The molecule has 0 unspecified atom stereocenters. The van der Waals surface area contributed by atoms with E-state index in [9.17, 15) is 18.0 Å². The number of hydrogen-bond acceptors (Lipinski definition) is 5. The van der Waals surface area contributed by atoms with E-state index in [1.165, 1.54) is 17.0 Å². The third-order valence-electron chi connectivity index (χ3n) is 7.41. The Hall–Kier alpha value is -3.07. The van der Waals surface area contributed by atoms with E-state index in [1.54, 1.807) is 29.2 Å². The summed E-state index contributed by atoms with van der Waals surface area (Å²) in [6, 6.07) is 16.4. The van der Waals surface area contributed by atoms with Crippen LogP contribution < -0.4 is 14.4 Å². The highest BCUT2D eigenvalue weighted by molar-refractivity contribution is 7.92. The zero-order valence-electron chi connectivity index (χ0n) is 24.2. The van der Waals surface area contributed by atoms with E-state index >= 15 is 0 Å². The monoisotopic (exact) mass is 571 g/mol. The second-order valence-electron chi connectivity index (χ2n) is 10.5. The summed E-state index contributed by atoms with van der Waals surface area (Å²) in [5.74, 6) is 0.436. The van der Waals surface area contributed by atoms with E-state index in [1.807, 2.05) is 44.2 Å². The van der Waals surface area contributed by atoms with Crippen molar-refractivity contribution in [1.29, 1.82) is 0 Å². The molecule has 1 aliphatic rings. The van der Waals surface area contributed by atoms with Crippen LogP contribution in [0.15, 0.2) is 54.6 Å². The fraction of sp³-hybridized carbons (Fsp3) is 0.548. The first-order valence-electron chi connectivity index (χ1n) is 14.6. The fourth-order valence-electron chi connectivity index (χ4n) is 5.32. The molecule has 8 nitrogen and oxygen atoms in total. The Morgan fingerprint density at radius 1 is 0.975 bits per heavy atom. The van der Waals surface area contributed by atoms with Gasteiger partial charge in [-0.15, -0.1) is 0 Å². The Kier molecular flexibility index (Phi) is 12.3. The number of rotatable bonds is 15. The molecule has 0 heterocycles. The largest absolute Gasteiger partial charge is 0.494 e. The predicted octanol–water partition coefficient (Wildman–Crippen LogP) is 4.93. The summed E-state index contributed by atoms with van der Waals surface area (Å²) in [5, 5.41) is 3.20. The lowest BCUT2D eigenvalue weighted by atomic mass is 9.95. The molecule has 2 aromatic rings. The van der Waals surface area contributed by atoms with Crippen LogP contribution in [-0.4, -0.2) is 63.2 Å². The molecular weight excluding hydrogens is 526 g/mol. The molecule has 1 fully saturated rings. The van der Waals surface area contributed by atoms with Gasteiger partial charge in [-0.05, 0) is 68.9 Å². The number of sulfonamides is 1. The van der Waals surface area contributed by atoms with E-state index in [2.05, 4.69) is 5.32 Å². The van der Waals surface area contributed by atoms with Crippen LogP contribution in [0.1, 0.15) is 70.8 Å². The van der Waals surface area contributed by atoms with Crippen molar-refractivity contribution in [2.45, 2.75) is 83.7 Å². The highest BCUT2D eigenvalue weighted by Crippen LogP contribution is 2.23. The van der Waals surface area contributed by atoms with E-state index in [-0.39, 0.29) is 30.8 Å². The van der Waals surface area contributed by atoms with Gasteiger partial charge in [0.05, 0.1) is 18.6 Å². The first kappa shape index (κ1) is 31.5. The Balaban J connectivity index is 1.70. The van der Waals surface area contributed by atoms with Gasteiger partial charge in [-0.3, -0.25) is 13.9 Å². The molecule has 1 saturated carbocycles. The summed E-state index contributed by atoms with van der Waals surface area (Å²) in [6.07, 6.45) is 8.19. The number of nitrogens with one attached hydrogen (secondary N) is 1. The van der Waals surface area contributed by atoms with Crippen LogP contribution in [0, 0.1) is 0 Å². The summed E-state index contributed by atoms with van der Waals surface area (Å²) in [6.45, 7) is 4.94. The van der Waals surface area contributed by atoms with Crippen molar-refractivity contribution in [3.63, 3.8) is 0 Å². The van der Waals surface area contributed by atoms with Gasteiger partial charge in [0, 0.05) is 25.6 Å². The minimum atomic E-state index is -3.55. The number of ether oxygens (including phenoxy) is 1. The maximum atomic E-state index is 13.6. The van der Waals surface area contributed by atoms with Crippen molar-refractivity contribution in [2.75, 3.05) is 30.3 Å². The van der Waals surface area contributed by atoms with Crippen LogP contribution in [0.2, 0.25) is 0 Å². The molecule has 2 aromatic carbocycles. The van der Waals surface area contributed by atoms with Crippen molar-refractivity contribution in [1.82, 2.24) is 10.2 Å². The summed E-state index contributed by atoms with van der Waals surface area (Å²) in [4.78, 5) is 28.7. The summed E-state index contributed by atoms with van der Waals surface area (Å²) in [5.41, 5.74) is 1.62. The fourth-order valence-corrected chi connectivity index (χ4v) is 6.28. The molecule has 0 saturated heterocycles. The molecule has 2 amide bonds. The van der Waals surface area contributed by atoms with Crippen LogP contribution in [0.4, 0.5) is 5.69 Å². The zero-order valence-corrected chi connectivity index (χ0v) is 25.0. The topological polar surface area (TPSA) is 96.0 Å². The minimum absolute atomic E-state index is 0.0945. The Labute approximate surface area is 240 Å². The lowest BCUT2D eigenvalue weighted by Crippen LogP contribution is -2.52. The maximum Gasteiger partial charge on any atom is 0.243 e. The molecule has 1 N–H and O–H groups in total. The maximum absolute atomic E-state index is 13.6. The van der Waals surface area contributed by atoms with E-state index in [0.29, 0.717) is 43.9 Å². The first-order chi connectivity index (χ1) is 19.2. The predicted molar refractivity (Wildman–Crippen MR) is 160 cm³/mol. The summed E-state index contributed by atoms with van der Waals surface area (Å²) < 4.78 is 32.0. The molecule has 3 rings (SSSR count). The third kappa shape index (κ3) is 9.54. The molecule has 220 valence electrons. The molecule has 0 spiro atoms. The normalized spacial score (nSPS) is 14.8. The number of hydrogen-bond donors (Lipinski definition) is 1. The van der Waals surface area contributed by atoms with Gasteiger partial charge in [-0.25, -0.2) is 8.42 Å². The van der Waals surface area contributed by atoms with Crippen LogP contribution in [0.25, 0.3) is 0 Å². The number of anilines is 1. The summed E-state index contributed by atoms with van der Waals surface area (Å²) in [7, 11) is -3.55. The smallest absolute Gasteiger partial charge is 0.243 e. The molecule has 0 bridgehead atoms. The third-order valence-corrected chi connectivity index (χ3v) is 8.60. The van der Waals surface area contributed by atoms with Gasteiger partial charge in [0.1, 0.15) is 11.8 Å². The second kappa shape index (κ2) is 15.6. The average Bonchev–Trinajstić information content (AvgIpc) is 2.94. The van der Waals surface area contributed by atoms with E-state index in [0.717, 1.165) is 31.2 Å². The quantitative estimate of drug-likeness (QED) is 0.327. The molecular formula is C31H45N3O5S. The minimum Gasteiger partial charge on any atom is -0.494 e. The Bertz CT molecular complexity index is 1170. The van der Waals surface area contributed by atoms with Gasteiger partial charge in [0.25, 0.3) is 0 Å². The second-order valence-corrected chi connectivity index (χ2v) is 12.4. The van der Waals surface area contributed by atoms with E-state index in [4.69, 9.17) is 4.74 Å². The van der Waals surface area contributed by atoms with Crippen molar-refractivity contribution in [2.24, 2.45) is 0 Å². The molecule has 9 heteroatoms. The van der Waals surface area contributed by atoms with Crippen molar-refractivity contribution in [3.05, 3.63) is 60.2 Å². The lowest BCUT2D eigenvalue weighted by Gasteiger charge is -2.33. The highest BCUT2D eigenvalue weighted by Gasteiger charge is 2.30. The highest BCUT2D eigenvalue weighted by atomic mass is 32.2. The Morgan fingerprint density at radius 2 is 1.65 bits per heavy atom. The van der Waals surface area contributed by atoms with Gasteiger partial charge in [0.15, 0.2) is 0 Å². The molecule has 40 heavy (non-hydrogen) atoms. The van der Waals surface area contributed by atoms with Gasteiger partial charge in [-0.2, -0.15) is 0 Å². The van der Waals surface area contributed by atoms with Gasteiger partial charge < -0.3 is 15.0 Å². The summed E-state index contributed by atoms with van der Waals surface area (Å²) >= 11 is 0. The van der Waals surface area contributed by atoms with Crippen LogP contribution in [0.5, 0.6) is 5.75 Å². The number of benzene rings is 2. The van der Waals surface area contributed by atoms with Crippen molar-refractivity contribution in [3.8, 4) is 5.75 Å². The van der Waals surface area contributed by atoms with Crippen molar-refractivity contribution < 1.29 is 22.7 Å². The van der Waals surface area contributed by atoms with Crippen LogP contribution >= 0.6 is 0 Å². The number of carbonyl (C=O) groups excluding carboxylic acids is 2. The molecule has 0 radical (unpaired) electrons. The molecule has 0 aromatic heterocycles. The zero-order chi connectivity index (χ0) is 29.0. The lowest BCUT2D eigenvalue weighted by molar-refractivity contribution is -0.141. The van der Waals surface area contributed by atoms with Gasteiger partial charge >= 0.3 is 0 Å². The SMILES string of the molecule is CCOc1ccc(N(CCCC(=O)N(CCc2ccccc2)[C@H](CC)C(=O)NC2CCCCC2)S(C)(=O)=O)cc1. The van der Waals surface area contributed by atoms with Gasteiger partial charge in [-0.1, -0.05) is 56.5 Å². The standard InChI is InChI=1S/C31H45N3O5S/c1-4-29(31(36)32-26-15-10-7-11-16-26)33(24-22-25-13-8-6-9-14-25)30(35)17-12-23-34(40(3,37)38)27-18-20-28(21-19-27)39-5-2/h6,8-9,13-14,18-21,26,29H,4-5,7,10-12,15-17,22-24H2,1-3H3,(H,32,36)/t29-/m1/s1. The van der Waals surface area contributed by atoms with Crippen LogP contribution in [-0.2, 0) is 26.0 Å². The van der Waals surface area contributed by atoms with Crippen molar-refractivity contribution >= 4 is 27.5 Å². The number of nitrogens with zero attached hydrogens (tertiary/aromatic N) is 2. The number of carbonyl (C=O) groups is 2. The van der Waals surface area contributed by atoms with Gasteiger partial charge in [0.2, 0.25) is 21.8 Å².